The molecular weight excluding hydrogens is 277 g/mol. The first kappa shape index (κ1) is 13.8. The van der Waals surface area contributed by atoms with Gasteiger partial charge in [-0.05, 0) is 0 Å². The number of carbonyl (C=O) groups excluding carboxylic acids is 2. The number of nitrogens with zero attached hydrogens (tertiary/aromatic N) is 2. The lowest BCUT2D eigenvalue weighted by Gasteiger charge is -2.37. The highest BCUT2D eigenvalue weighted by molar-refractivity contribution is 5.85. The number of piperazine rings is 1. The summed E-state index contributed by atoms with van der Waals surface area (Å²) in [4.78, 5) is 24.3. The van der Waals surface area contributed by atoms with Crippen molar-refractivity contribution in [3.63, 3.8) is 0 Å². The SMILES string of the molecule is O=C1NCC2CN(C(=O)C(F)(F)C(F)(F)F)CCN12. The van der Waals surface area contributed by atoms with Gasteiger partial charge in [0.15, 0.2) is 0 Å². The smallest absolute Gasteiger partial charge is 0.336 e. The molecule has 2 heterocycles. The highest BCUT2D eigenvalue weighted by Crippen LogP contribution is 2.37. The molecule has 3 amide bonds. The Morgan fingerprint density at radius 2 is 1.84 bits per heavy atom. The molecular formula is C9H10F5N3O2. The molecule has 0 aromatic carbocycles. The van der Waals surface area contributed by atoms with Crippen LogP contribution >= 0.6 is 0 Å². The normalized spacial score (nSPS) is 24.3. The van der Waals surface area contributed by atoms with Gasteiger partial charge in [0.1, 0.15) is 0 Å². The number of urea groups is 1. The maximum atomic E-state index is 12.9. The van der Waals surface area contributed by atoms with Gasteiger partial charge in [-0.3, -0.25) is 4.79 Å². The van der Waals surface area contributed by atoms with Crippen LogP contribution in [0.1, 0.15) is 0 Å². The maximum Gasteiger partial charge on any atom is 0.463 e. The second kappa shape index (κ2) is 4.20. The summed E-state index contributed by atoms with van der Waals surface area (Å²) < 4.78 is 62.1. The Balaban J connectivity index is 2.08. The molecule has 0 bridgehead atoms. The molecule has 10 heteroatoms. The van der Waals surface area contributed by atoms with Gasteiger partial charge in [0.2, 0.25) is 0 Å². The molecule has 1 atom stereocenters. The van der Waals surface area contributed by atoms with Crippen molar-refractivity contribution in [1.29, 1.82) is 0 Å². The van der Waals surface area contributed by atoms with Gasteiger partial charge < -0.3 is 15.1 Å². The Labute approximate surface area is 104 Å². The number of fused-ring (bicyclic) bond motifs is 1. The lowest BCUT2D eigenvalue weighted by Crippen LogP contribution is -2.59. The zero-order chi connectivity index (χ0) is 14.4. The quantitative estimate of drug-likeness (QED) is 0.711. The lowest BCUT2D eigenvalue weighted by atomic mass is 10.1. The Kier molecular flexibility index (Phi) is 3.06. The van der Waals surface area contributed by atoms with Crippen LogP contribution in [0.15, 0.2) is 0 Å². The highest BCUT2D eigenvalue weighted by Gasteiger charge is 2.65. The Bertz CT molecular complexity index is 411. The molecule has 2 fully saturated rings. The van der Waals surface area contributed by atoms with Gasteiger partial charge in [0, 0.05) is 26.2 Å². The molecule has 0 aromatic heterocycles. The lowest BCUT2D eigenvalue weighted by molar-refractivity contribution is -0.275. The molecule has 2 saturated heterocycles. The molecule has 0 saturated carbocycles. The van der Waals surface area contributed by atoms with Gasteiger partial charge in [0.25, 0.3) is 0 Å². The topological polar surface area (TPSA) is 52.7 Å². The fraction of sp³-hybridized carbons (Fsp3) is 0.778. The largest absolute Gasteiger partial charge is 0.463 e. The summed E-state index contributed by atoms with van der Waals surface area (Å²) in [6, 6.07) is -0.964. The molecule has 1 N–H and O–H groups in total. The van der Waals surface area contributed by atoms with Crippen LogP contribution in [-0.2, 0) is 4.79 Å². The van der Waals surface area contributed by atoms with Crippen molar-refractivity contribution in [3.8, 4) is 0 Å². The average molecular weight is 287 g/mol. The minimum atomic E-state index is -5.91. The zero-order valence-corrected chi connectivity index (χ0v) is 9.51. The van der Waals surface area contributed by atoms with E-state index in [1.807, 2.05) is 0 Å². The first-order chi connectivity index (χ1) is 8.64. The van der Waals surface area contributed by atoms with Gasteiger partial charge in [0.05, 0.1) is 6.04 Å². The molecule has 5 nitrogen and oxygen atoms in total. The van der Waals surface area contributed by atoms with E-state index in [0.29, 0.717) is 4.90 Å². The summed E-state index contributed by atoms with van der Waals surface area (Å²) in [6.07, 6.45) is -5.91. The van der Waals surface area contributed by atoms with E-state index in [4.69, 9.17) is 0 Å². The zero-order valence-electron chi connectivity index (χ0n) is 9.51. The molecule has 1 unspecified atom stereocenters. The molecule has 0 aromatic rings. The van der Waals surface area contributed by atoms with Crippen molar-refractivity contribution in [1.82, 2.24) is 15.1 Å². The summed E-state index contributed by atoms with van der Waals surface area (Å²) in [5.74, 6) is -7.66. The predicted molar refractivity (Wildman–Crippen MR) is 51.5 cm³/mol. The molecule has 19 heavy (non-hydrogen) atoms. The Hall–Kier alpha value is -1.61. The van der Waals surface area contributed by atoms with Crippen molar-refractivity contribution < 1.29 is 31.5 Å². The summed E-state index contributed by atoms with van der Waals surface area (Å²) in [5, 5.41) is 2.43. The highest BCUT2D eigenvalue weighted by atomic mass is 19.4. The number of carbonyl (C=O) groups is 2. The summed E-state index contributed by atoms with van der Waals surface area (Å²) in [7, 11) is 0. The van der Waals surface area contributed by atoms with Crippen LogP contribution in [-0.4, -0.2) is 66.1 Å². The second-order valence-electron chi connectivity index (χ2n) is 4.36. The van der Waals surface area contributed by atoms with Crippen LogP contribution in [0.2, 0.25) is 0 Å². The van der Waals surface area contributed by atoms with E-state index in [9.17, 15) is 31.5 Å². The van der Waals surface area contributed by atoms with Gasteiger partial charge in [-0.2, -0.15) is 22.0 Å². The van der Waals surface area contributed by atoms with E-state index in [2.05, 4.69) is 5.32 Å². The fourth-order valence-electron chi connectivity index (χ4n) is 2.11. The third-order valence-electron chi connectivity index (χ3n) is 3.14. The third-order valence-corrected chi connectivity index (χ3v) is 3.14. The molecule has 2 aliphatic rings. The van der Waals surface area contributed by atoms with E-state index >= 15 is 0 Å². The molecule has 0 radical (unpaired) electrons. The van der Waals surface area contributed by atoms with Gasteiger partial charge in [-0.25, -0.2) is 4.79 Å². The number of halogens is 5. The van der Waals surface area contributed by atoms with E-state index in [0.717, 1.165) is 0 Å². The fourth-order valence-corrected chi connectivity index (χ4v) is 2.11. The third kappa shape index (κ3) is 2.19. The number of hydrogen-bond acceptors (Lipinski definition) is 2. The van der Waals surface area contributed by atoms with Crippen molar-refractivity contribution >= 4 is 11.9 Å². The van der Waals surface area contributed by atoms with E-state index in [-0.39, 0.29) is 26.2 Å². The molecule has 0 spiro atoms. The number of rotatable bonds is 1. The van der Waals surface area contributed by atoms with E-state index < -0.39 is 30.1 Å². The number of alkyl halides is 5. The monoisotopic (exact) mass is 287 g/mol. The van der Waals surface area contributed by atoms with Gasteiger partial charge >= 0.3 is 24.0 Å². The van der Waals surface area contributed by atoms with Crippen LogP contribution < -0.4 is 5.32 Å². The summed E-state index contributed by atoms with van der Waals surface area (Å²) in [6.45, 7) is -0.603. The molecule has 108 valence electrons. The minimum Gasteiger partial charge on any atom is -0.336 e. The van der Waals surface area contributed by atoms with Crippen molar-refractivity contribution in [2.75, 3.05) is 26.2 Å². The first-order valence-electron chi connectivity index (χ1n) is 5.43. The number of hydrogen-bond donors (Lipinski definition) is 1. The number of amides is 3. The van der Waals surface area contributed by atoms with Crippen molar-refractivity contribution in [2.45, 2.75) is 18.1 Å². The van der Waals surface area contributed by atoms with Crippen LogP contribution in [0.3, 0.4) is 0 Å². The molecule has 2 rings (SSSR count). The second-order valence-corrected chi connectivity index (χ2v) is 4.36. The van der Waals surface area contributed by atoms with Crippen LogP contribution in [0.4, 0.5) is 26.7 Å². The Morgan fingerprint density at radius 3 is 2.42 bits per heavy atom. The van der Waals surface area contributed by atoms with Crippen LogP contribution in [0, 0.1) is 0 Å². The minimum absolute atomic E-state index is 0.0593. The molecule has 2 aliphatic heterocycles. The average Bonchev–Trinajstić information content (AvgIpc) is 2.68. The van der Waals surface area contributed by atoms with Crippen molar-refractivity contribution in [3.05, 3.63) is 0 Å². The van der Waals surface area contributed by atoms with Crippen molar-refractivity contribution in [2.24, 2.45) is 0 Å². The number of nitrogens with one attached hydrogen (secondary N) is 1. The van der Waals surface area contributed by atoms with Crippen LogP contribution in [0.25, 0.3) is 0 Å². The first-order valence-corrected chi connectivity index (χ1v) is 5.43. The summed E-state index contributed by atoms with van der Waals surface area (Å²) in [5.41, 5.74) is 0. The Morgan fingerprint density at radius 1 is 1.21 bits per heavy atom. The van der Waals surface area contributed by atoms with E-state index in [1.165, 1.54) is 4.90 Å². The van der Waals surface area contributed by atoms with E-state index in [1.54, 1.807) is 0 Å². The van der Waals surface area contributed by atoms with Gasteiger partial charge in [-0.15, -0.1) is 0 Å². The van der Waals surface area contributed by atoms with Crippen LogP contribution in [0.5, 0.6) is 0 Å². The maximum absolute atomic E-state index is 12.9. The standard InChI is InChI=1S/C9H10F5N3O2/c10-8(11,9(12,13)14)6(18)16-1-2-17-5(4-16)3-15-7(17)19/h5H,1-4H2,(H,15,19). The summed E-state index contributed by atoms with van der Waals surface area (Å²) >= 11 is 0. The predicted octanol–water partition coefficient (Wildman–Crippen LogP) is 0.420. The molecule has 0 aliphatic carbocycles. The van der Waals surface area contributed by atoms with Gasteiger partial charge in [-0.1, -0.05) is 0 Å².